The lowest BCUT2D eigenvalue weighted by Crippen LogP contribution is -2.43. The molecule has 9 heteroatoms. The number of halogens is 1. The number of ether oxygens (including phenoxy) is 2. The predicted octanol–water partition coefficient (Wildman–Crippen LogP) is 3.81. The van der Waals surface area contributed by atoms with Gasteiger partial charge in [-0.3, -0.25) is 9.59 Å². The van der Waals surface area contributed by atoms with E-state index in [2.05, 4.69) is 5.32 Å². The van der Waals surface area contributed by atoms with Crippen LogP contribution in [0.4, 0.5) is 4.79 Å². The monoisotopic (exact) mass is 454 g/mol. The number of amides is 2. The summed E-state index contributed by atoms with van der Waals surface area (Å²) in [6.45, 7) is 5.38. The number of unbranched alkanes of at least 4 members (excludes halogenated alkanes) is 2. The Hall–Kier alpha value is -2.61. The van der Waals surface area contributed by atoms with Crippen molar-refractivity contribution in [3.05, 3.63) is 34.9 Å². The van der Waals surface area contributed by atoms with Crippen LogP contribution in [-0.4, -0.2) is 55.1 Å². The number of nitrogens with zero attached hydrogens (tertiary/aromatic N) is 1. The fourth-order valence-corrected chi connectivity index (χ4v) is 3.06. The van der Waals surface area contributed by atoms with Crippen molar-refractivity contribution in [2.24, 2.45) is 5.92 Å². The summed E-state index contributed by atoms with van der Waals surface area (Å²) in [5.74, 6) is -0.848. The molecule has 0 saturated heterocycles. The minimum absolute atomic E-state index is 0.00206. The van der Waals surface area contributed by atoms with Crippen LogP contribution in [0.2, 0.25) is 5.02 Å². The van der Waals surface area contributed by atoms with Gasteiger partial charge in [-0.1, -0.05) is 44.0 Å². The quantitative estimate of drug-likeness (QED) is 0.160. The zero-order valence-electron chi connectivity index (χ0n) is 18.4. The van der Waals surface area contributed by atoms with Gasteiger partial charge in [-0.05, 0) is 30.9 Å². The van der Waals surface area contributed by atoms with Crippen LogP contribution >= 0.6 is 11.6 Å². The number of benzene rings is 1. The van der Waals surface area contributed by atoms with Crippen LogP contribution in [-0.2, 0) is 19.1 Å². The van der Waals surface area contributed by atoms with Crippen LogP contribution in [0.1, 0.15) is 56.8 Å². The summed E-state index contributed by atoms with van der Waals surface area (Å²) in [5.41, 5.74) is 0.524. The molecule has 2 unspecified atom stereocenters. The molecule has 2 amide bonds. The topological polar surface area (TPSA) is 102 Å². The molecule has 0 fully saturated rings. The van der Waals surface area contributed by atoms with Crippen LogP contribution in [0.15, 0.2) is 24.3 Å². The smallest absolute Gasteiger partial charge is 0.412 e. The maximum Gasteiger partial charge on any atom is 0.412 e. The maximum atomic E-state index is 12.2. The van der Waals surface area contributed by atoms with Crippen molar-refractivity contribution in [2.45, 2.75) is 58.8 Å². The summed E-state index contributed by atoms with van der Waals surface area (Å²) >= 11 is 6.03. The Balaban J connectivity index is 2.31. The average Bonchev–Trinajstić information content (AvgIpc) is 2.71. The average molecular weight is 455 g/mol. The molecule has 1 aromatic rings. The number of carbonyl (C=O) groups excluding carboxylic acids is 4. The Morgan fingerprint density at radius 3 is 2.39 bits per heavy atom. The van der Waals surface area contributed by atoms with Gasteiger partial charge in [0.05, 0.1) is 5.02 Å². The fourth-order valence-electron chi connectivity index (χ4n) is 2.82. The van der Waals surface area contributed by atoms with E-state index >= 15 is 0 Å². The highest BCUT2D eigenvalue weighted by molar-refractivity contribution is 6.33. The molecule has 1 rings (SSSR count). The van der Waals surface area contributed by atoms with Crippen LogP contribution in [0.5, 0.6) is 0 Å². The molecule has 0 aliphatic rings. The Kier molecular flexibility index (Phi) is 11.6. The predicted molar refractivity (Wildman–Crippen MR) is 117 cm³/mol. The number of esters is 1. The van der Waals surface area contributed by atoms with Gasteiger partial charge in [-0.25, -0.2) is 9.59 Å². The third-order valence-electron chi connectivity index (χ3n) is 4.60. The number of rotatable bonds is 13. The van der Waals surface area contributed by atoms with E-state index in [1.54, 1.807) is 45.2 Å². The number of hydrogen-bond donors (Lipinski definition) is 1. The largest absolute Gasteiger partial charge is 0.424 e. The number of Topliss-reactive ketones (excluding diaryl/α,β-unsaturated/α-hetero) is 1. The first-order chi connectivity index (χ1) is 14.7. The summed E-state index contributed by atoms with van der Waals surface area (Å²) in [4.78, 5) is 48.4. The highest BCUT2D eigenvalue weighted by Gasteiger charge is 2.26. The molecule has 0 radical (unpaired) electrons. The van der Waals surface area contributed by atoms with E-state index < -0.39 is 24.4 Å². The zero-order chi connectivity index (χ0) is 23.4. The molecular weight excluding hydrogens is 424 g/mol. The SMILES string of the molecule is CC(OC(=O)C(NC=O)C(C)C)OC(=O)N(C)CCCCCC(=O)c1ccccc1Cl. The van der Waals surface area contributed by atoms with Gasteiger partial charge in [0.25, 0.3) is 0 Å². The summed E-state index contributed by atoms with van der Waals surface area (Å²) in [5, 5.41) is 2.84. The fraction of sp³-hybridized carbons (Fsp3) is 0.545. The number of nitrogens with one attached hydrogen (secondary N) is 1. The Morgan fingerprint density at radius 2 is 1.77 bits per heavy atom. The number of ketones is 1. The van der Waals surface area contributed by atoms with Crippen molar-refractivity contribution in [1.29, 1.82) is 0 Å². The molecule has 0 heterocycles. The Morgan fingerprint density at radius 1 is 1.10 bits per heavy atom. The van der Waals surface area contributed by atoms with E-state index in [1.807, 2.05) is 0 Å². The molecule has 1 aromatic carbocycles. The molecule has 0 aliphatic carbocycles. The molecule has 0 aliphatic heterocycles. The summed E-state index contributed by atoms with van der Waals surface area (Å²) in [7, 11) is 1.58. The van der Waals surface area contributed by atoms with E-state index in [0.717, 1.165) is 6.42 Å². The van der Waals surface area contributed by atoms with Crippen LogP contribution < -0.4 is 5.32 Å². The number of hydrogen-bond acceptors (Lipinski definition) is 6. The molecular formula is C22H31ClN2O6. The highest BCUT2D eigenvalue weighted by Crippen LogP contribution is 2.18. The first kappa shape index (κ1) is 26.4. The van der Waals surface area contributed by atoms with Crippen LogP contribution in [0.25, 0.3) is 0 Å². The van der Waals surface area contributed by atoms with Crippen molar-refractivity contribution in [3.63, 3.8) is 0 Å². The van der Waals surface area contributed by atoms with E-state index in [9.17, 15) is 19.2 Å². The van der Waals surface area contributed by atoms with Gasteiger partial charge in [-0.15, -0.1) is 0 Å². The second-order valence-corrected chi connectivity index (χ2v) is 7.94. The maximum absolute atomic E-state index is 12.2. The van der Waals surface area contributed by atoms with E-state index in [0.29, 0.717) is 42.8 Å². The lowest BCUT2D eigenvalue weighted by molar-refractivity contribution is -0.170. The molecule has 0 saturated carbocycles. The Bertz CT molecular complexity index is 755. The third kappa shape index (κ3) is 9.38. The van der Waals surface area contributed by atoms with Crippen molar-refractivity contribution in [1.82, 2.24) is 10.2 Å². The normalized spacial score (nSPS) is 12.6. The minimum atomic E-state index is -1.09. The first-order valence-electron chi connectivity index (χ1n) is 10.3. The Labute approximate surface area is 188 Å². The molecule has 0 spiro atoms. The lowest BCUT2D eigenvalue weighted by atomic mass is 10.0. The van der Waals surface area contributed by atoms with Gasteiger partial charge in [0.15, 0.2) is 5.78 Å². The van der Waals surface area contributed by atoms with Gasteiger partial charge in [0, 0.05) is 32.5 Å². The zero-order valence-corrected chi connectivity index (χ0v) is 19.2. The minimum Gasteiger partial charge on any atom is -0.424 e. The van der Waals surface area contributed by atoms with Gasteiger partial charge < -0.3 is 19.7 Å². The van der Waals surface area contributed by atoms with Crippen molar-refractivity contribution in [2.75, 3.05) is 13.6 Å². The van der Waals surface area contributed by atoms with E-state index in [-0.39, 0.29) is 11.7 Å². The molecule has 172 valence electrons. The second-order valence-electron chi connectivity index (χ2n) is 7.53. The van der Waals surface area contributed by atoms with Gasteiger partial charge in [0.1, 0.15) is 6.04 Å². The van der Waals surface area contributed by atoms with Crippen LogP contribution in [0.3, 0.4) is 0 Å². The summed E-state index contributed by atoms with van der Waals surface area (Å²) in [6.07, 6.45) is 1.22. The summed E-state index contributed by atoms with van der Waals surface area (Å²) in [6, 6.07) is 6.14. The third-order valence-corrected chi connectivity index (χ3v) is 4.93. The van der Waals surface area contributed by atoms with Gasteiger partial charge in [-0.2, -0.15) is 0 Å². The molecule has 0 bridgehead atoms. The molecule has 31 heavy (non-hydrogen) atoms. The lowest BCUT2D eigenvalue weighted by Gasteiger charge is -2.23. The van der Waals surface area contributed by atoms with E-state index in [1.165, 1.54) is 11.8 Å². The second kappa shape index (κ2) is 13.6. The highest BCUT2D eigenvalue weighted by atomic mass is 35.5. The molecule has 2 atom stereocenters. The van der Waals surface area contributed by atoms with Gasteiger partial charge in [0.2, 0.25) is 12.7 Å². The molecule has 1 N–H and O–H groups in total. The molecule has 0 aromatic heterocycles. The first-order valence-corrected chi connectivity index (χ1v) is 10.6. The summed E-state index contributed by atoms with van der Waals surface area (Å²) < 4.78 is 10.2. The van der Waals surface area contributed by atoms with Crippen LogP contribution in [0, 0.1) is 5.92 Å². The van der Waals surface area contributed by atoms with Crippen molar-refractivity contribution < 1.29 is 28.7 Å². The van der Waals surface area contributed by atoms with Crippen molar-refractivity contribution in [3.8, 4) is 0 Å². The van der Waals surface area contributed by atoms with Crippen molar-refractivity contribution >= 4 is 35.9 Å². The number of carbonyl (C=O) groups is 4. The standard InChI is InChI=1S/C22H31ClN2O6/c1-15(2)20(24-14-26)21(28)30-16(3)31-22(29)25(4)13-9-5-6-12-19(27)17-10-7-8-11-18(17)23/h7-8,10-11,14-16,20H,5-6,9,12-13H2,1-4H3,(H,24,26). The van der Waals surface area contributed by atoms with Gasteiger partial charge >= 0.3 is 12.1 Å². The molecule has 8 nitrogen and oxygen atoms in total. The van der Waals surface area contributed by atoms with E-state index in [4.69, 9.17) is 21.1 Å².